The maximum absolute atomic E-state index is 6.48. The average molecular weight is 273 g/mol. The molecule has 0 spiro atoms. The topological polar surface area (TPSA) is 32.5 Å². The molecule has 110 valence electrons. The molecule has 0 radical (unpaired) electrons. The number of hydrogen-bond donors (Lipinski definition) is 1. The van der Waals surface area contributed by atoms with Crippen LogP contribution < -0.4 is 15.5 Å². The third-order valence-electron chi connectivity index (χ3n) is 5.36. The van der Waals surface area contributed by atoms with E-state index >= 15 is 0 Å². The van der Waals surface area contributed by atoms with Gasteiger partial charge in [-0.1, -0.05) is 26.0 Å². The minimum absolute atomic E-state index is 0.302. The number of nitrogens with two attached hydrogens (primary N) is 1. The summed E-state index contributed by atoms with van der Waals surface area (Å²) in [5.41, 5.74) is 9.51. The van der Waals surface area contributed by atoms with Gasteiger partial charge in [-0.25, -0.2) is 0 Å². The lowest BCUT2D eigenvalue weighted by molar-refractivity contribution is 0.300. The molecular formula is C17H27N3. The van der Waals surface area contributed by atoms with E-state index in [2.05, 4.69) is 55.0 Å². The summed E-state index contributed by atoms with van der Waals surface area (Å²) in [5.74, 6) is 0.626. The zero-order valence-electron chi connectivity index (χ0n) is 13.0. The zero-order chi connectivity index (χ0) is 14.3. The van der Waals surface area contributed by atoms with Crippen LogP contribution in [0.25, 0.3) is 0 Å². The molecule has 3 rings (SSSR count). The Labute approximate surface area is 122 Å². The zero-order valence-corrected chi connectivity index (χ0v) is 13.0. The van der Waals surface area contributed by atoms with E-state index in [1.165, 1.54) is 24.2 Å². The predicted molar refractivity (Wildman–Crippen MR) is 86.4 cm³/mol. The van der Waals surface area contributed by atoms with Crippen LogP contribution in [0, 0.1) is 11.3 Å². The molecule has 1 heterocycles. The standard InChI is InChI=1S/C17H27N3/c1-17(2)9-8-13(16(17)18)12-20-11-10-19(3)14-6-4-5-7-15(14)20/h4-7,13,16H,8-12,18H2,1-3H3. The summed E-state index contributed by atoms with van der Waals surface area (Å²) in [7, 11) is 2.18. The molecule has 0 saturated heterocycles. The number of hydrogen-bond acceptors (Lipinski definition) is 3. The molecule has 1 fully saturated rings. The van der Waals surface area contributed by atoms with E-state index in [-0.39, 0.29) is 0 Å². The van der Waals surface area contributed by atoms with Crippen molar-refractivity contribution in [1.29, 1.82) is 0 Å². The molecule has 2 unspecified atom stereocenters. The Balaban J connectivity index is 1.78. The van der Waals surface area contributed by atoms with E-state index in [9.17, 15) is 0 Å². The lowest BCUT2D eigenvalue weighted by Crippen LogP contribution is -2.46. The van der Waals surface area contributed by atoms with Gasteiger partial charge in [-0.15, -0.1) is 0 Å². The Bertz CT molecular complexity index is 483. The van der Waals surface area contributed by atoms with E-state index in [0.717, 1.165) is 19.6 Å². The first-order valence-electron chi connectivity index (χ1n) is 7.80. The molecule has 1 aliphatic carbocycles. The van der Waals surface area contributed by atoms with E-state index in [0.29, 0.717) is 17.4 Å². The molecular weight excluding hydrogens is 246 g/mol. The number of benzene rings is 1. The van der Waals surface area contributed by atoms with Gasteiger partial charge < -0.3 is 15.5 Å². The maximum atomic E-state index is 6.48. The van der Waals surface area contributed by atoms with Gasteiger partial charge >= 0.3 is 0 Å². The summed E-state index contributed by atoms with van der Waals surface area (Å²) < 4.78 is 0. The number of fused-ring (bicyclic) bond motifs is 1. The van der Waals surface area contributed by atoms with Crippen molar-refractivity contribution < 1.29 is 0 Å². The van der Waals surface area contributed by atoms with Crippen LogP contribution in [-0.2, 0) is 0 Å². The molecule has 2 aliphatic rings. The van der Waals surface area contributed by atoms with E-state index in [4.69, 9.17) is 5.73 Å². The van der Waals surface area contributed by atoms with E-state index in [1.807, 2.05) is 0 Å². The lowest BCUT2D eigenvalue weighted by atomic mass is 9.85. The van der Waals surface area contributed by atoms with Crippen LogP contribution in [-0.4, -0.2) is 32.7 Å². The Kier molecular flexibility index (Phi) is 3.41. The monoisotopic (exact) mass is 273 g/mol. The summed E-state index contributed by atoms with van der Waals surface area (Å²) in [6.07, 6.45) is 2.52. The molecule has 20 heavy (non-hydrogen) atoms. The van der Waals surface area contributed by atoms with Crippen molar-refractivity contribution in [3.8, 4) is 0 Å². The third-order valence-corrected chi connectivity index (χ3v) is 5.36. The second-order valence-electron chi connectivity index (χ2n) is 7.17. The van der Waals surface area contributed by atoms with Gasteiger partial charge in [-0.2, -0.15) is 0 Å². The van der Waals surface area contributed by atoms with Crippen molar-refractivity contribution in [2.24, 2.45) is 17.1 Å². The van der Waals surface area contributed by atoms with Crippen molar-refractivity contribution >= 4 is 11.4 Å². The van der Waals surface area contributed by atoms with Gasteiger partial charge in [0.2, 0.25) is 0 Å². The van der Waals surface area contributed by atoms with Crippen molar-refractivity contribution in [2.45, 2.75) is 32.7 Å². The maximum Gasteiger partial charge on any atom is 0.0604 e. The summed E-state index contributed by atoms with van der Waals surface area (Å²) in [5, 5.41) is 0. The van der Waals surface area contributed by atoms with Crippen molar-refractivity contribution in [2.75, 3.05) is 36.5 Å². The van der Waals surface area contributed by atoms with Crippen LogP contribution in [0.5, 0.6) is 0 Å². The Hall–Kier alpha value is -1.22. The smallest absolute Gasteiger partial charge is 0.0604 e. The number of rotatable bonds is 2. The fraction of sp³-hybridized carbons (Fsp3) is 0.647. The Morgan fingerprint density at radius 2 is 1.90 bits per heavy atom. The number of likely N-dealkylation sites (N-methyl/N-ethyl adjacent to an activating group) is 1. The highest BCUT2D eigenvalue weighted by Crippen LogP contribution is 2.41. The largest absolute Gasteiger partial charge is 0.371 e. The first-order chi connectivity index (χ1) is 9.49. The quantitative estimate of drug-likeness (QED) is 0.899. The number of anilines is 2. The highest BCUT2D eigenvalue weighted by Gasteiger charge is 2.40. The highest BCUT2D eigenvalue weighted by atomic mass is 15.3. The lowest BCUT2D eigenvalue weighted by Gasteiger charge is -2.39. The van der Waals surface area contributed by atoms with Crippen molar-refractivity contribution in [3.05, 3.63) is 24.3 Å². The average Bonchev–Trinajstić information content (AvgIpc) is 2.69. The van der Waals surface area contributed by atoms with Gasteiger partial charge in [0.25, 0.3) is 0 Å². The molecule has 1 aromatic rings. The third kappa shape index (κ3) is 2.28. The molecule has 3 nitrogen and oxygen atoms in total. The van der Waals surface area contributed by atoms with Crippen LogP contribution in [0.3, 0.4) is 0 Å². The van der Waals surface area contributed by atoms with Gasteiger partial charge in [-0.3, -0.25) is 0 Å². The second-order valence-corrected chi connectivity index (χ2v) is 7.17. The predicted octanol–water partition coefficient (Wildman–Crippen LogP) is 2.71. The molecule has 0 aromatic heterocycles. The van der Waals surface area contributed by atoms with Crippen LogP contribution in [0.2, 0.25) is 0 Å². The molecule has 2 N–H and O–H groups in total. The Morgan fingerprint density at radius 3 is 2.55 bits per heavy atom. The molecule has 1 aromatic carbocycles. The highest BCUT2D eigenvalue weighted by molar-refractivity contribution is 5.73. The minimum atomic E-state index is 0.302. The molecule has 0 bridgehead atoms. The molecule has 1 saturated carbocycles. The number of para-hydroxylation sites is 2. The Morgan fingerprint density at radius 1 is 1.20 bits per heavy atom. The summed E-state index contributed by atoms with van der Waals surface area (Å²) in [4.78, 5) is 4.89. The van der Waals surface area contributed by atoms with Gasteiger partial charge in [-0.05, 0) is 36.3 Å². The van der Waals surface area contributed by atoms with E-state index in [1.54, 1.807) is 0 Å². The summed E-state index contributed by atoms with van der Waals surface area (Å²) in [6, 6.07) is 9.07. The molecule has 0 amide bonds. The molecule has 3 heteroatoms. The molecule has 1 aliphatic heterocycles. The summed E-state index contributed by atoms with van der Waals surface area (Å²) in [6.45, 7) is 7.94. The normalized spacial score (nSPS) is 28.6. The molecule has 2 atom stereocenters. The van der Waals surface area contributed by atoms with Gasteiger partial charge in [0.15, 0.2) is 0 Å². The van der Waals surface area contributed by atoms with Crippen LogP contribution in [0.4, 0.5) is 11.4 Å². The first kappa shape index (κ1) is 13.7. The van der Waals surface area contributed by atoms with Crippen molar-refractivity contribution in [1.82, 2.24) is 0 Å². The minimum Gasteiger partial charge on any atom is -0.371 e. The first-order valence-corrected chi connectivity index (χ1v) is 7.80. The van der Waals surface area contributed by atoms with Gasteiger partial charge in [0.1, 0.15) is 0 Å². The van der Waals surface area contributed by atoms with Crippen molar-refractivity contribution in [3.63, 3.8) is 0 Å². The van der Waals surface area contributed by atoms with E-state index < -0.39 is 0 Å². The summed E-state index contributed by atoms with van der Waals surface area (Å²) >= 11 is 0. The fourth-order valence-corrected chi connectivity index (χ4v) is 3.79. The van der Waals surface area contributed by atoms with Gasteiger partial charge in [0.05, 0.1) is 11.4 Å². The fourth-order valence-electron chi connectivity index (χ4n) is 3.79. The second kappa shape index (κ2) is 4.96. The van der Waals surface area contributed by atoms with Crippen LogP contribution in [0.1, 0.15) is 26.7 Å². The van der Waals surface area contributed by atoms with Crippen LogP contribution in [0.15, 0.2) is 24.3 Å². The SMILES string of the molecule is CN1CCN(CC2CCC(C)(C)C2N)c2ccccc21. The van der Waals surface area contributed by atoms with Gasteiger partial charge in [0, 0.05) is 32.7 Å². The number of nitrogens with zero attached hydrogens (tertiary/aromatic N) is 2. The van der Waals surface area contributed by atoms with Crippen LogP contribution >= 0.6 is 0 Å².